The Balaban J connectivity index is 0.000000791. The van der Waals surface area contributed by atoms with Crippen molar-refractivity contribution in [2.45, 2.75) is 59.2 Å². The molecule has 14 heavy (non-hydrogen) atoms. The minimum absolute atomic E-state index is 0.699. The van der Waals surface area contributed by atoms with E-state index in [1.807, 2.05) is 13.8 Å². The van der Waals surface area contributed by atoms with Crippen LogP contribution in [0.2, 0.25) is 0 Å². The van der Waals surface area contributed by atoms with E-state index in [1.165, 1.54) is 13.0 Å². The first-order valence-corrected chi connectivity index (χ1v) is 5.96. The molecule has 0 aromatic rings. The lowest BCUT2D eigenvalue weighted by atomic mass is 10.1. The van der Waals surface area contributed by atoms with E-state index in [0.717, 1.165) is 12.1 Å². The van der Waals surface area contributed by atoms with Crippen LogP contribution in [0.15, 0.2) is 0 Å². The van der Waals surface area contributed by atoms with Gasteiger partial charge in [0.15, 0.2) is 0 Å². The minimum atomic E-state index is 0.699. The maximum atomic E-state index is 2.59. The fourth-order valence-corrected chi connectivity index (χ4v) is 2.37. The lowest BCUT2D eigenvalue weighted by Gasteiger charge is -2.30. The van der Waals surface area contributed by atoms with E-state index in [0.29, 0.717) is 6.04 Å². The number of nitrogens with zero attached hydrogens (tertiary/aromatic N) is 2. The van der Waals surface area contributed by atoms with Crippen molar-refractivity contribution < 1.29 is 0 Å². The first-order valence-electron chi connectivity index (χ1n) is 5.96. The van der Waals surface area contributed by atoms with Crippen molar-refractivity contribution in [3.05, 3.63) is 0 Å². The molecule has 1 aliphatic heterocycles. The molecule has 0 aromatic carbocycles. The molecule has 2 unspecified atom stereocenters. The van der Waals surface area contributed by atoms with Crippen LogP contribution in [0.1, 0.15) is 41.0 Å². The topological polar surface area (TPSA) is 6.48 Å². The normalized spacial score (nSPS) is 28.1. The van der Waals surface area contributed by atoms with Crippen molar-refractivity contribution in [3.63, 3.8) is 0 Å². The predicted molar refractivity (Wildman–Crippen MR) is 64.7 cm³/mol. The first kappa shape index (κ1) is 13.9. The smallest absolute Gasteiger partial charge is 0.0255 e. The Morgan fingerprint density at radius 3 is 1.93 bits per heavy atom. The zero-order valence-electron chi connectivity index (χ0n) is 11.0. The van der Waals surface area contributed by atoms with Gasteiger partial charge in [-0.15, -0.1) is 0 Å². The van der Waals surface area contributed by atoms with Gasteiger partial charge in [-0.1, -0.05) is 13.8 Å². The number of rotatable bonds is 2. The van der Waals surface area contributed by atoms with E-state index < -0.39 is 0 Å². The van der Waals surface area contributed by atoms with Gasteiger partial charge >= 0.3 is 0 Å². The summed E-state index contributed by atoms with van der Waals surface area (Å²) in [7, 11) is 4.37. The molecule has 0 N–H and O–H groups in total. The van der Waals surface area contributed by atoms with Gasteiger partial charge in [-0.3, -0.25) is 4.90 Å². The summed E-state index contributed by atoms with van der Waals surface area (Å²) in [5.74, 6) is 0. The molecule has 1 heterocycles. The lowest BCUT2D eigenvalue weighted by molar-refractivity contribution is 0.168. The Hall–Kier alpha value is -0.0800. The maximum Gasteiger partial charge on any atom is 0.0255 e. The summed E-state index contributed by atoms with van der Waals surface area (Å²) in [6.07, 6.45) is 1.33. The van der Waals surface area contributed by atoms with Crippen LogP contribution in [0.5, 0.6) is 0 Å². The molecule has 0 aliphatic carbocycles. The van der Waals surface area contributed by atoms with Crippen LogP contribution in [0, 0.1) is 0 Å². The highest BCUT2D eigenvalue weighted by Gasteiger charge is 2.32. The number of hydrogen-bond acceptors (Lipinski definition) is 2. The van der Waals surface area contributed by atoms with Gasteiger partial charge in [-0.25, -0.2) is 0 Å². The predicted octanol–water partition coefficient (Wildman–Crippen LogP) is 2.45. The molecule has 0 amide bonds. The lowest BCUT2D eigenvalue weighted by Crippen LogP contribution is -2.42. The average molecular weight is 200 g/mol. The third-order valence-corrected chi connectivity index (χ3v) is 3.09. The van der Waals surface area contributed by atoms with Crippen LogP contribution in [-0.4, -0.2) is 48.6 Å². The molecule has 0 radical (unpaired) electrons. The Morgan fingerprint density at radius 2 is 1.71 bits per heavy atom. The summed E-state index contributed by atoms with van der Waals surface area (Å²) >= 11 is 0. The molecular weight excluding hydrogens is 172 g/mol. The number of likely N-dealkylation sites (tertiary alicyclic amines) is 1. The molecule has 2 heteroatoms. The zero-order valence-corrected chi connectivity index (χ0v) is 11.0. The summed E-state index contributed by atoms with van der Waals surface area (Å²) in [4.78, 5) is 4.94. The second-order valence-electron chi connectivity index (χ2n) is 4.39. The third-order valence-electron chi connectivity index (χ3n) is 3.09. The van der Waals surface area contributed by atoms with Crippen molar-refractivity contribution in [1.29, 1.82) is 0 Å². The van der Waals surface area contributed by atoms with Crippen molar-refractivity contribution in [2.24, 2.45) is 0 Å². The summed E-state index contributed by atoms with van der Waals surface area (Å²) < 4.78 is 0. The number of hydrogen-bond donors (Lipinski definition) is 0. The van der Waals surface area contributed by atoms with Crippen molar-refractivity contribution in [3.8, 4) is 0 Å². The fourth-order valence-electron chi connectivity index (χ4n) is 2.37. The second-order valence-corrected chi connectivity index (χ2v) is 4.39. The van der Waals surface area contributed by atoms with Crippen molar-refractivity contribution >= 4 is 0 Å². The first-order chi connectivity index (χ1) is 6.54. The molecule has 1 saturated heterocycles. The Bertz CT molecular complexity index is 127. The molecule has 86 valence electrons. The SMILES string of the molecule is CC.CC(C)N1CCC(N(C)C)C1C. The largest absolute Gasteiger partial charge is 0.305 e. The van der Waals surface area contributed by atoms with Crippen LogP contribution in [-0.2, 0) is 0 Å². The van der Waals surface area contributed by atoms with E-state index in [2.05, 4.69) is 44.7 Å². The molecule has 0 saturated carbocycles. The van der Waals surface area contributed by atoms with Gasteiger partial charge in [0.05, 0.1) is 0 Å². The Kier molecular flexibility index (Phi) is 6.38. The van der Waals surface area contributed by atoms with Gasteiger partial charge in [0.1, 0.15) is 0 Å². The van der Waals surface area contributed by atoms with E-state index >= 15 is 0 Å². The molecule has 1 rings (SSSR count). The second kappa shape index (κ2) is 6.41. The number of likely N-dealkylation sites (N-methyl/N-ethyl adjacent to an activating group) is 1. The quantitative estimate of drug-likeness (QED) is 0.675. The summed E-state index contributed by atoms with van der Waals surface area (Å²) in [6.45, 7) is 12.2. The van der Waals surface area contributed by atoms with Gasteiger partial charge in [0.25, 0.3) is 0 Å². The highest BCUT2D eigenvalue weighted by molar-refractivity contribution is 4.90. The van der Waals surface area contributed by atoms with Gasteiger partial charge in [-0.2, -0.15) is 0 Å². The van der Waals surface area contributed by atoms with Crippen LogP contribution in [0.25, 0.3) is 0 Å². The van der Waals surface area contributed by atoms with Crippen LogP contribution < -0.4 is 0 Å². The molecule has 0 bridgehead atoms. The highest BCUT2D eigenvalue weighted by atomic mass is 15.3. The van der Waals surface area contributed by atoms with Gasteiger partial charge < -0.3 is 4.90 Å². The summed E-state index contributed by atoms with van der Waals surface area (Å²) in [6, 6.07) is 2.18. The Labute approximate surface area is 90.3 Å². The Morgan fingerprint density at radius 1 is 1.21 bits per heavy atom. The molecule has 2 atom stereocenters. The molecule has 1 aliphatic rings. The monoisotopic (exact) mass is 200 g/mol. The molecule has 1 fully saturated rings. The third kappa shape index (κ3) is 3.25. The molecule has 0 spiro atoms. The van der Waals surface area contributed by atoms with E-state index in [9.17, 15) is 0 Å². The van der Waals surface area contributed by atoms with Gasteiger partial charge in [0, 0.05) is 24.7 Å². The van der Waals surface area contributed by atoms with Crippen LogP contribution in [0.3, 0.4) is 0 Å². The highest BCUT2D eigenvalue weighted by Crippen LogP contribution is 2.22. The van der Waals surface area contributed by atoms with E-state index in [1.54, 1.807) is 0 Å². The standard InChI is InChI=1S/C10H22N2.C2H6/c1-8(2)12-7-6-10(9(12)3)11(4)5;1-2/h8-10H,6-7H2,1-5H3;1-2H3. The van der Waals surface area contributed by atoms with E-state index in [-0.39, 0.29) is 0 Å². The van der Waals surface area contributed by atoms with E-state index in [4.69, 9.17) is 0 Å². The minimum Gasteiger partial charge on any atom is -0.305 e. The van der Waals surface area contributed by atoms with Crippen LogP contribution in [0.4, 0.5) is 0 Å². The van der Waals surface area contributed by atoms with Gasteiger partial charge in [0.2, 0.25) is 0 Å². The molecule has 2 nitrogen and oxygen atoms in total. The van der Waals surface area contributed by atoms with Crippen molar-refractivity contribution in [1.82, 2.24) is 9.80 Å². The van der Waals surface area contributed by atoms with Crippen LogP contribution >= 0.6 is 0 Å². The zero-order chi connectivity index (χ0) is 11.3. The molecular formula is C12H28N2. The average Bonchev–Trinajstić information content (AvgIpc) is 2.50. The van der Waals surface area contributed by atoms with Crippen molar-refractivity contribution in [2.75, 3.05) is 20.6 Å². The van der Waals surface area contributed by atoms with Gasteiger partial charge in [-0.05, 0) is 41.3 Å². The maximum absolute atomic E-state index is 2.59. The molecule has 0 aromatic heterocycles. The summed E-state index contributed by atoms with van der Waals surface area (Å²) in [5, 5.41) is 0. The summed E-state index contributed by atoms with van der Waals surface area (Å²) in [5.41, 5.74) is 0. The fraction of sp³-hybridized carbons (Fsp3) is 1.00.